The average Bonchev–Trinajstić information content (AvgIpc) is 2.73. The minimum absolute atomic E-state index is 0.114. The number of nitro benzene ring substituents is 1. The summed E-state index contributed by atoms with van der Waals surface area (Å²) in [6.45, 7) is 3.36. The molecule has 0 fully saturated rings. The van der Waals surface area contributed by atoms with Crippen LogP contribution in [0.1, 0.15) is 36.2 Å². The zero-order valence-corrected chi connectivity index (χ0v) is 16.2. The van der Waals surface area contributed by atoms with Crippen molar-refractivity contribution in [3.05, 3.63) is 69.8 Å². The van der Waals surface area contributed by atoms with Gasteiger partial charge in [-0.3, -0.25) is 14.9 Å². The molecule has 10 nitrogen and oxygen atoms in total. The average molecular weight is 413 g/mol. The molecule has 156 valence electrons. The first-order valence-electron chi connectivity index (χ1n) is 8.97. The molecule has 0 spiro atoms. The van der Waals surface area contributed by atoms with Crippen LogP contribution >= 0.6 is 0 Å². The number of benzene rings is 2. The zero-order chi connectivity index (χ0) is 22.3. The lowest BCUT2D eigenvalue weighted by Crippen LogP contribution is -2.31. The van der Waals surface area contributed by atoms with Crippen LogP contribution in [0, 0.1) is 10.1 Å². The van der Waals surface area contributed by atoms with E-state index in [2.05, 4.69) is 10.2 Å². The Morgan fingerprint density at radius 2 is 1.83 bits per heavy atom. The third kappa shape index (κ3) is 5.53. The summed E-state index contributed by atoms with van der Waals surface area (Å²) >= 11 is 0. The number of carboxylic acids is 1. The standard InChI is InChI=1S/C20H19N3O7/c1-3-12(2)30-20(27)17(19(25)26)22-21-16-10-9-14(23(28)29)11-15(16)18(24)13-7-5-4-6-8-13/h4-12,17H,3H2,1-2H3,(H,25,26). The van der Waals surface area contributed by atoms with Crippen molar-refractivity contribution in [3.8, 4) is 0 Å². The van der Waals surface area contributed by atoms with Crippen molar-refractivity contribution in [1.29, 1.82) is 0 Å². The third-order valence-electron chi connectivity index (χ3n) is 4.10. The van der Waals surface area contributed by atoms with Crippen molar-refractivity contribution in [1.82, 2.24) is 0 Å². The first-order valence-corrected chi connectivity index (χ1v) is 8.97. The van der Waals surface area contributed by atoms with Gasteiger partial charge >= 0.3 is 11.9 Å². The molecule has 2 aromatic carbocycles. The fraction of sp³-hybridized carbons (Fsp3) is 0.250. The summed E-state index contributed by atoms with van der Waals surface area (Å²) in [7, 11) is 0. The molecule has 0 radical (unpaired) electrons. The predicted molar refractivity (Wildman–Crippen MR) is 105 cm³/mol. The number of azo groups is 1. The molecule has 0 saturated heterocycles. The van der Waals surface area contributed by atoms with Gasteiger partial charge in [0.1, 0.15) is 0 Å². The Balaban J connectivity index is 2.44. The number of nitro groups is 1. The van der Waals surface area contributed by atoms with Crippen LogP contribution in [0.15, 0.2) is 58.8 Å². The smallest absolute Gasteiger partial charge is 0.344 e. The van der Waals surface area contributed by atoms with Crippen LogP contribution in [0.2, 0.25) is 0 Å². The SMILES string of the molecule is CCC(C)OC(=O)C(N=Nc1ccc([N+](=O)[O-])cc1C(=O)c1ccccc1)C(=O)O. The van der Waals surface area contributed by atoms with E-state index in [9.17, 15) is 29.6 Å². The van der Waals surface area contributed by atoms with Gasteiger partial charge in [-0.2, -0.15) is 10.2 Å². The number of esters is 1. The van der Waals surface area contributed by atoms with E-state index < -0.39 is 34.8 Å². The maximum Gasteiger partial charge on any atom is 0.344 e. The number of nitrogens with zero attached hydrogens (tertiary/aromatic N) is 3. The first kappa shape index (κ1) is 22.3. The summed E-state index contributed by atoms with van der Waals surface area (Å²) in [5, 5.41) is 27.6. The molecule has 0 amide bonds. The molecule has 0 saturated carbocycles. The number of non-ortho nitro benzene ring substituents is 1. The zero-order valence-electron chi connectivity index (χ0n) is 16.2. The van der Waals surface area contributed by atoms with Gasteiger partial charge in [0.15, 0.2) is 5.78 Å². The number of carbonyl (C=O) groups excluding carboxylic acids is 2. The number of aliphatic carboxylic acids is 1. The van der Waals surface area contributed by atoms with Crippen molar-refractivity contribution < 1.29 is 29.2 Å². The lowest BCUT2D eigenvalue weighted by atomic mass is 10.0. The molecule has 0 bridgehead atoms. The molecule has 2 aromatic rings. The monoisotopic (exact) mass is 413 g/mol. The lowest BCUT2D eigenvalue weighted by molar-refractivity contribution is -0.384. The van der Waals surface area contributed by atoms with Crippen LogP contribution < -0.4 is 0 Å². The molecule has 2 unspecified atom stereocenters. The van der Waals surface area contributed by atoms with Crippen molar-refractivity contribution >= 4 is 29.1 Å². The Bertz CT molecular complexity index is 989. The number of hydrogen-bond donors (Lipinski definition) is 1. The molecular weight excluding hydrogens is 394 g/mol. The van der Waals surface area contributed by atoms with Gasteiger partial charge in [-0.15, -0.1) is 0 Å². The van der Waals surface area contributed by atoms with Crippen molar-refractivity contribution in [3.63, 3.8) is 0 Å². The lowest BCUT2D eigenvalue weighted by Gasteiger charge is -2.12. The van der Waals surface area contributed by atoms with Gasteiger partial charge in [-0.25, -0.2) is 9.59 Å². The van der Waals surface area contributed by atoms with Crippen molar-refractivity contribution in [2.45, 2.75) is 32.4 Å². The quantitative estimate of drug-likeness (QED) is 0.164. The molecule has 0 heterocycles. The highest BCUT2D eigenvalue weighted by molar-refractivity contribution is 6.12. The first-order chi connectivity index (χ1) is 14.2. The van der Waals surface area contributed by atoms with E-state index in [1.54, 1.807) is 32.0 Å². The number of carbonyl (C=O) groups is 3. The highest BCUT2D eigenvalue weighted by Gasteiger charge is 2.29. The second-order valence-corrected chi connectivity index (χ2v) is 6.27. The Kier molecular flexibility index (Phi) is 7.45. The van der Waals surface area contributed by atoms with Gasteiger partial charge in [0.2, 0.25) is 0 Å². The van der Waals surface area contributed by atoms with Gasteiger partial charge in [0.25, 0.3) is 11.7 Å². The van der Waals surface area contributed by atoms with Crippen LogP contribution in [-0.2, 0) is 14.3 Å². The minimum atomic E-state index is -1.94. The van der Waals surface area contributed by atoms with E-state index in [4.69, 9.17) is 4.74 Å². The Hall–Kier alpha value is -3.95. The van der Waals surface area contributed by atoms with Gasteiger partial charge < -0.3 is 9.84 Å². The van der Waals surface area contributed by atoms with E-state index in [-0.39, 0.29) is 22.5 Å². The molecule has 30 heavy (non-hydrogen) atoms. The molecule has 2 atom stereocenters. The highest BCUT2D eigenvalue weighted by Crippen LogP contribution is 2.27. The number of rotatable bonds is 9. The maximum absolute atomic E-state index is 12.8. The summed E-state index contributed by atoms with van der Waals surface area (Å²) in [5.41, 5.74) is -0.366. The normalized spacial score (nSPS) is 12.9. The topological polar surface area (TPSA) is 149 Å². The molecular formula is C20H19N3O7. The Labute approximate surface area is 171 Å². The van der Waals surface area contributed by atoms with Crippen molar-refractivity contribution in [2.24, 2.45) is 10.2 Å². The number of hydrogen-bond acceptors (Lipinski definition) is 8. The van der Waals surface area contributed by atoms with Gasteiger partial charge in [0.05, 0.1) is 22.3 Å². The Morgan fingerprint density at radius 1 is 1.17 bits per heavy atom. The number of ether oxygens (including phenoxy) is 1. The second kappa shape index (κ2) is 10.0. The van der Waals surface area contributed by atoms with Crippen LogP contribution in [-0.4, -0.2) is 39.9 Å². The maximum atomic E-state index is 12.8. The predicted octanol–water partition coefficient (Wildman–Crippen LogP) is 3.70. The van der Waals surface area contributed by atoms with Crippen LogP contribution in [0.5, 0.6) is 0 Å². The van der Waals surface area contributed by atoms with E-state index in [0.29, 0.717) is 6.42 Å². The van der Waals surface area contributed by atoms with E-state index in [1.807, 2.05) is 0 Å². The third-order valence-corrected chi connectivity index (χ3v) is 4.10. The molecule has 10 heteroatoms. The summed E-state index contributed by atoms with van der Waals surface area (Å²) < 4.78 is 4.98. The molecule has 2 rings (SSSR count). The molecule has 0 aliphatic heterocycles. The summed E-state index contributed by atoms with van der Waals surface area (Å²) in [6.07, 6.45) is -0.0306. The summed E-state index contributed by atoms with van der Waals surface area (Å²) in [5.74, 6) is -3.24. The van der Waals surface area contributed by atoms with Crippen molar-refractivity contribution in [2.75, 3.05) is 0 Å². The summed E-state index contributed by atoms with van der Waals surface area (Å²) in [4.78, 5) is 46.7. The molecule has 0 aromatic heterocycles. The minimum Gasteiger partial charge on any atom is -0.479 e. The van der Waals surface area contributed by atoms with E-state index in [1.165, 1.54) is 12.1 Å². The highest BCUT2D eigenvalue weighted by atomic mass is 16.6. The van der Waals surface area contributed by atoms with E-state index in [0.717, 1.165) is 18.2 Å². The fourth-order valence-corrected chi connectivity index (χ4v) is 2.32. The van der Waals surface area contributed by atoms with Crippen LogP contribution in [0.3, 0.4) is 0 Å². The second-order valence-electron chi connectivity index (χ2n) is 6.27. The molecule has 0 aliphatic carbocycles. The summed E-state index contributed by atoms with van der Waals surface area (Å²) in [6, 6.07) is 9.34. The van der Waals surface area contributed by atoms with Gasteiger partial charge in [-0.05, 0) is 19.4 Å². The fourth-order valence-electron chi connectivity index (χ4n) is 2.32. The largest absolute Gasteiger partial charge is 0.479 e. The van der Waals surface area contributed by atoms with E-state index >= 15 is 0 Å². The van der Waals surface area contributed by atoms with Gasteiger partial charge in [0, 0.05) is 17.7 Å². The van der Waals surface area contributed by atoms with Crippen LogP contribution in [0.25, 0.3) is 0 Å². The van der Waals surface area contributed by atoms with Crippen LogP contribution in [0.4, 0.5) is 11.4 Å². The van der Waals surface area contributed by atoms with Gasteiger partial charge in [-0.1, -0.05) is 37.3 Å². The number of ketones is 1. The molecule has 1 N–H and O–H groups in total. The molecule has 0 aliphatic rings. The number of carboxylic acid groups (broad SMARTS) is 1. The Morgan fingerprint density at radius 3 is 2.40 bits per heavy atom.